The molecular weight excluding hydrogens is 144 g/mol. The van der Waals surface area contributed by atoms with Crippen LogP contribution in [0.4, 0.5) is 0 Å². The molecule has 0 fully saturated rings. The van der Waals surface area contributed by atoms with E-state index in [4.69, 9.17) is 0 Å². The molecule has 1 N–H and O–H groups in total. The molecule has 0 saturated carbocycles. The molecule has 0 atom stereocenters. The minimum atomic E-state index is 1.46. The number of H-pyrrole nitrogens is 1. The molecule has 0 aliphatic heterocycles. The van der Waals surface area contributed by atoms with Gasteiger partial charge < -0.3 is 4.98 Å². The first-order valence-corrected chi connectivity index (χ1v) is 3.76. The van der Waals surface area contributed by atoms with Crippen molar-refractivity contribution >= 4 is 11.5 Å². The lowest BCUT2D eigenvalue weighted by atomic mass is 10.7. The summed E-state index contributed by atoms with van der Waals surface area (Å²) in [5.41, 5.74) is 0. The van der Waals surface area contributed by atoms with Crippen LogP contribution < -0.4 is 0 Å². The van der Waals surface area contributed by atoms with E-state index < -0.39 is 0 Å². The Morgan fingerprint density at radius 2 is 1.90 bits per heavy atom. The van der Waals surface area contributed by atoms with Crippen molar-refractivity contribution in [2.45, 2.75) is 0 Å². The Morgan fingerprint density at radius 1 is 1.10 bits per heavy atom. The Kier molecular flexibility index (Phi) is 3.34. The summed E-state index contributed by atoms with van der Waals surface area (Å²) in [6.07, 6.45) is 5.52. The van der Waals surface area contributed by atoms with Gasteiger partial charge in [0.05, 0.1) is 0 Å². The average molecular weight is 152 g/mol. The average Bonchev–Trinajstić information content (AvgIpc) is 2.67. The number of rotatable bonds is 0. The van der Waals surface area contributed by atoms with Crippen LogP contribution in [0.25, 0.3) is 0 Å². The van der Waals surface area contributed by atoms with Crippen LogP contribution in [0.5, 0.6) is 0 Å². The van der Waals surface area contributed by atoms with Gasteiger partial charge in [-0.25, -0.2) is 4.37 Å². The highest BCUT2D eigenvalue weighted by Gasteiger charge is 1.59. The maximum absolute atomic E-state index is 3.76. The van der Waals surface area contributed by atoms with E-state index in [1.165, 1.54) is 11.5 Å². The van der Waals surface area contributed by atoms with E-state index in [1.807, 2.05) is 36.0 Å². The highest BCUT2D eigenvalue weighted by atomic mass is 32.1. The van der Waals surface area contributed by atoms with Crippen LogP contribution in [0.1, 0.15) is 0 Å². The summed E-state index contributed by atoms with van der Waals surface area (Å²) in [6.45, 7) is 0. The zero-order chi connectivity index (χ0) is 7.07. The molecule has 0 radical (unpaired) electrons. The number of nitrogens with zero attached hydrogens (tertiary/aromatic N) is 1. The molecule has 10 heavy (non-hydrogen) atoms. The van der Waals surface area contributed by atoms with Crippen molar-refractivity contribution < 1.29 is 0 Å². The van der Waals surface area contributed by atoms with Gasteiger partial charge in [-0.15, -0.1) is 0 Å². The van der Waals surface area contributed by atoms with Gasteiger partial charge >= 0.3 is 0 Å². The van der Waals surface area contributed by atoms with Crippen LogP contribution in [0.3, 0.4) is 0 Å². The number of hydrogen-bond donors (Lipinski definition) is 1. The second-order valence-electron chi connectivity index (χ2n) is 1.57. The molecule has 0 aliphatic carbocycles. The van der Waals surface area contributed by atoms with Gasteiger partial charge in [0.2, 0.25) is 0 Å². The zero-order valence-corrected chi connectivity index (χ0v) is 6.21. The van der Waals surface area contributed by atoms with Gasteiger partial charge in [-0.1, -0.05) is 0 Å². The van der Waals surface area contributed by atoms with Gasteiger partial charge in [-0.05, 0) is 29.7 Å². The summed E-state index contributed by atoms with van der Waals surface area (Å²) in [5.74, 6) is 0. The van der Waals surface area contributed by atoms with Crippen molar-refractivity contribution in [1.29, 1.82) is 0 Å². The molecular formula is C7H8N2S. The molecule has 2 aromatic heterocycles. The van der Waals surface area contributed by atoms with Gasteiger partial charge in [0.25, 0.3) is 0 Å². The summed E-state index contributed by atoms with van der Waals surface area (Å²) in [4.78, 5) is 2.86. The summed E-state index contributed by atoms with van der Waals surface area (Å²) >= 11 is 1.46. The Hall–Kier alpha value is -1.09. The summed E-state index contributed by atoms with van der Waals surface area (Å²) in [5, 5.41) is 1.93. The molecule has 0 unspecified atom stereocenters. The fraction of sp³-hybridized carbons (Fsp3) is 0. The van der Waals surface area contributed by atoms with E-state index in [0.29, 0.717) is 0 Å². The van der Waals surface area contributed by atoms with Crippen LogP contribution in [0, 0.1) is 0 Å². The van der Waals surface area contributed by atoms with Crippen molar-refractivity contribution in [3.63, 3.8) is 0 Å². The Bertz CT molecular complexity index is 151. The Balaban J connectivity index is 0.0000001000. The largest absolute Gasteiger partial charge is 0.368 e. The third-order valence-electron chi connectivity index (χ3n) is 0.843. The normalized spacial score (nSPS) is 8.00. The van der Waals surface area contributed by atoms with Crippen molar-refractivity contribution in [3.8, 4) is 0 Å². The standard InChI is InChI=1S/C4H5N.C3H3NS/c2*1-2-4-5-3-1/h1-5H;1-3H. The minimum Gasteiger partial charge on any atom is -0.368 e. The Labute approximate surface area is 63.7 Å². The molecule has 2 aromatic rings. The molecule has 2 heterocycles. The van der Waals surface area contributed by atoms with Crippen molar-refractivity contribution in [3.05, 3.63) is 42.2 Å². The molecule has 0 aliphatic rings. The zero-order valence-electron chi connectivity index (χ0n) is 5.40. The number of aromatic nitrogens is 2. The molecule has 0 aromatic carbocycles. The molecule has 0 spiro atoms. The third-order valence-corrected chi connectivity index (χ3v) is 1.37. The van der Waals surface area contributed by atoms with Gasteiger partial charge in [0, 0.05) is 24.0 Å². The lowest BCUT2D eigenvalue weighted by Crippen LogP contribution is -1.38. The van der Waals surface area contributed by atoms with Crippen molar-refractivity contribution in [1.82, 2.24) is 9.36 Å². The quantitative estimate of drug-likeness (QED) is 0.615. The first-order chi connectivity index (χ1) is 5.00. The number of aromatic amines is 1. The van der Waals surface area contributed by atoms with Gasteiger partial charge in [0.1, 0.15) is 0 Å². The predicted molar refractivity (Wildman–Crippen MR) is 42.9 cm³/mol. The second-order valence-corrected chi connectivity index (χ2v) is 2.27. The van der Waals surface area contributed by atoms with E-state index >= 15 is 0 Å². The van der Waals surface area contributed by atoms with E-state index in [2.05, 4.69) is 9.36 Å². The Morgan fingerprint density at radius 3 is 2.10 bits per heavy atom. The van der Waals surface area contributed by atoms with Gasteiger partial charge in [-0.3, -0.25) is 0 Å². The summed E-state index contributed by atoms with van der Waals surface area (Å²) in [7, 11) is 0. The molecule has 0 saturated heterocycles. The van der Waals surface area contributed by atoms with Crippen molar-refractivity contribution in [2.75, 3.05) is 0 Å². The first kappa shape index (κ1) is 7.02. The first-order valence-electron chi connectivity index (χ1n) is 2.92. The summed E-state index contributed by atoms with van der Waals surface area (Å²) in [6, 6.07) is 5.80. The van der Waals surface area contributed by atoms with E-state index in [9.17, 15) is 0 Å². The second kappa shape index (κ2) is 4.76. The molecule has 2 nitrogen and oxygen atoms in total. The van der Waals surface area contributed by atoms with Gasteiger partial charge in [-0.2, -0.15) is 0 Å². The van der Waals surface area contributed by atoms with Crippen LogP contribution in [0.2, 0.25) is 0 Å². The monoisotopic (exact) mass is 152 g/mol. The molecule has 2 rings (SSSR count). The molecule has 3 heteroatoms. The lowest BCUT2D eigenvalue weighted by molar-refractivity contribution is 1.42. The minimum absolute atomic E-state index is 1.46. The van der Waals surface area contributed by atoms with Crippen LogP contribution >= 0.6 is 11.5 Å². The van der Waals surface area contributed by atoms with Crippen molar-refractivity contribution in [2.24, 2.45) is 0 Å². The lowest BCUT2D eigenvalue weighted by Gasteiger charge is -1.49. The number of hydrogen-bond acceptors (Lipinski definition) is 2. The third kappa shape index (κ3) is 3.04. The van der Waals surface area contributed by atoms with E-state index in [0.717, 1.165) is 0 Å². The predicted octanol–water partition coefficient (Wildman–Crippen LogP) is 2.16. The fourth-order valence-corrected chi connectivity index (χ4v) is 0.805. The smallest absolute Gasteiger partial charge is 0.0406 e. The van der Waals surface area contributed by atoms with Crippen LogP contribution in [-0.2, 0) is 0 Å². The SMILES string of the molecule is c1cc[nH]c1.c1cnsc1. The maximum atomic E-state index is 3.76. The highest BCUT2D eigenvalue weighted by molar-refractivity contribution is 7.03. The fourth-order valence-electron chi connectivity index (χ4n) is 0.453. The van der Waals surface area contributed by atoms with E-state index in [1.54, 1.807) is 6.20 Å². The summed E-state index contributed by atoms with van der Waals surface area (Å²) < 4.78 is 3.76. The maximum Gasteiger partial charge on any atom is 0.0406 e. The molecule has 0 bridgehead atoms. The van der Waals surface area contributed by atoms with Crippen LogP contribution in [0.15, 0.2) is 42.2 Å². The topological polar surface area (TPSA) is 28.7 Å². The highest BCUT2D eigenvalue weighted by Crippen LogP contribution is 1.83. The van der Waals surface area contributed by atoms with E-state index in [-0.39, 0.29) is 0 Å². The van der Waals surface area contributed by atoms with Gasteiger partial charge in [0.15, 0.2) is 0 Å². The number of nitrogens with one attached hydrogen (secondary N) is 1. The molecule has 0 amide bonds. The molecule has 52 valence electrons. The van der Waals surface area contributed by atoms with Crippen LogP contribution in [-0.4, -0.2) is 9.36 Å².